The molecule has 0 aliphatic rings. The standard InChI is InChI=1S/C14H18N4O2/c1-14(2,3)20-13(19)16-11-7-5-10(6-8-11)12-17-15-9-18(12)4/h5-9H,1-4H3,(H,16,19). The summed E-state index contributed by atoms with van der Waals surface area (Å²) >= 11 is 0. The van der Waals surface area contributed by atoms with Crippen molar-refractivity contribution in [3.05, 3.63) is 30.6 Å². The largest absolute Gasteiger partial charge is 0.444 e. The second-order valence-electron chi connectivity index (χ2n) is 5.47. The summed E-state index contributed by atoms with van der Waals surface area (Å²) in [5, 5.41) is 10.5. The van der Waals surface area contributed by atoms with E-state index in [1.54, 1.807) is 18.5 Å². The maximum Gasteiger partial charge on any atom is 0.412 e. The second kappa shape index (κ2) is 5.32. The third-order valence-electron chi connectivity index (χ3n) is 2.50. The highest BCUT2D eigenvalue weighted by Crippen LogP contribution is 2.19. The highest BCUT2D eigenvalue weighted by atomic mass is 16.6. The maximum atomic E-state index is 11.6. The Morgan fingerprint density at radius 2 is 1.90 bits per heavy atom. The zero-order chi connectivity index (χ0) is 14.8. The molecule has 0 aliphatic carbocycles. The minimum atomic E-state index is -0.511. The van der Waals surface area contributed by atoms with Crippen molar-refractivity contribution in [1.82, 2.24) is 14.8 Å². The zero-order valence-electron chi connectivity index (χ0n) is 12.0. The lowest BCUT2D eigenvalue weighted by atomic mass is 10.2. The van der Waals surface area contributed by atoms with E-state index in [0.717, 1.165) is 11.4 Å². The van der Waals surface area contributed by atoms with Crippen LogP contribution in [0, 0.1) is 0 Å². The SMILES string of the molecule is Cn1cnnc1-c1ccc(NC(=O)OC(C)(C)C)cc1. The van der Waals surface area contributed by atoms with Crippen molar-refractivity contribution >= 4 is 11.8 Å². The summed E-state index contributed by atoms with van der Waals surface area (Å²) in [6.45, 7) is 5.47. The topological polar surface area (TPSA) is 69.0 Å². The van der Waals surface area contributed by atoms with Gasteiger partial charge in [-0.1, -0.05) is 0 Å². The van der Waals surface area contributed by atoms with E-state index in [2.05, 4.69) is 15.5 Å². The molecule has 20 heavy (non-hydrogen) atoms. The van der Waals surface area contributed by atoms with Crippen LogP contribution in [-0.4, -0.2) is 26.5 Å². The molecule has 0 saturated carbocycles. The van der Waals surface area contributed by atoms with Gasteiger partial charge in [-0.3, -0.25) is 5.32 Å². The molecule has 6 nitrogen and oxygen atoms in total. The van der Waals surface area contributed by atoms with Gasteiger partial charge in [-0.2, -0.15) is 0 Å². The van der Waals surface area contributed by atoms with Crippen LogP contribution in [0.5, 0.6) is 0 Å². The Bertz CT molecular complexity index is 596. The van der Waals surface area contributed by atoms with Crippen molar-refractivity contribution in [2.75, 3.05) is 5.32 Å². The van der Waals surface area contributed by atoms with Gasteiger partial charge < -0.3 is 9.30 Å². The Balaban J connectivity index is 2.06. The molecule has 0 fully saturated rings. The molecule has 106 valence electrons. The Morgan fingerprint density at radius 3 is 2.40 bits per heavy atom. The van der Waals surface area contributed by atoms with Gasteiger partial charge in [-0.25, -0.2) is 4.79 Å². The summed E-state index contributed by atoms with van der Waals surface area (Å²) in [4.78, 5) is 11.6. The Morgan fingerprint density at radius 1 is 1.25 bits per heavy atom. The van der Waals surface area contributed by atoms with E-state index in [4.69, 9.17) is 4.74 Å². The summed E-state index contributed by atoms with van der Waals surface area (Å²) in [5.41, 5.74) is 1.09. The first-order chi connectivity index (χ1) is 9.35. The van der Waals surface area contributed by atoms with Crippen molar-refractivity contribution in [3.8, 4) is 11.4 Å². The Labute approximate surface area is 117 Å². The van der Waals surface area contributed by atoms with Gasteiger partial charge in [0.05, 0.1) is 0 Å². The van der Waals surface area contributed by atoms with Crippen LogP contribution in [0.4, 0.5) is 10.5 Å². The van der Waals surface area contributed by atoms with Crippen molar-refractivity contribution in [2.24, 2.45) is 7.05 Å². The van der Waals surface area contributed by atoms with Crippen LogP contribution in [0.3, 0.4) is 0 Å². The third kappa shape index (κ3) is 3.57. The third-order valence-corrected chi connectivity index (χ3v) is 2.50. The van der Waals surface area contributed by atoms with Crippen LogP contribution < -0.4 is 5.32 Å². The highest BCUT2D eigenvalue weighted by Gasteiger charge is 2.16. The number of hydrogen-bond acceptors (Lipinski definition) is 4. The molecule has 0 atom stereocenters. The number of carbonyl (C=O) groups excluding carboxylic acids is 1. The van der Waals surface area contributed by atoms with Crippen LogP contribution in [0.25, 0.3) is 11.4 Å². The van der Waals surface area contributed by atoms with Gasteiger partial charge in [0.25, 0.3) is 0 Å². The highest BCUT2D eigenvalue weighted by molar-refractivity contribution is 5.85. The molecule has 0 radical (unpaired) electrons. The van der Waals surface area contributed by atoms with Gasteiger partial charge in [0, 0.05) is 18.3 Å². The molecule has 0 spiro atoms. The number of hydrogen-bond donors (Lipinski definition) is 1. The van der Waals surface area contributed by atoms with Crippen LogP contribution in [0.1, 0.15) is 20.8 Å². The number of aryl methyl sites for hydroxylation is 1. The number of nitrogens with one attached hydrogen (secondary N) is 1. The van der Waals surface area contributed by atoms with Gasteiger partial charge in [-0.05, 0) is 45.0 Å². The summed E-state index contributed by atoms with van der Waals surface area (Å²) in [5.74, 6) is 0.772. The predicted octanol–water partition coefficient (Wildman–Crippen LogP) is 2.83. The summed E-state index contributed by atoms with van der Waals surface area (Å²) in [6, 6.07) is 7.34. The van der Waals surface area contributed by atoms with Gasteiger partial charge in [0.2, 0.25) is 0 Å². The Hall–Kier alpha value is -2.37. The van der Waals surface area contributed by atoms with Crippen LogP contribution in [0.2, 0.25) is 0 Å². The first-order valence-electron chi connectivity index (χ1n) is 6.29. The van der Waals surface area contributed by atoms with Gasteiger partial charge in [-0.15, -0.1) is 10.2 Å². The lowest BCUT2D eigenvalue weighted by molar-refractivity contribution is 0.0636. The molecule has 6 heteroatoms. The minimum absolute atomic E-state index is 0.469. The van der Waals surface area contributed by atoms with E-state index < -0.39 is 11.7 Å². The van der Waals surface area contributed by atoms with E-state index in [0.29, 0.717) is 5.69 Å². The quantitative estimate of drug-likeness (QED) is 0.914. The van der Waals surface area contributed by atoms with Crippen LogP contribution in [-0.2, 0) is 11.8 Å². The number of rotatable bonds is 2. The number of ether oxygens (including phenoxy) is 1. The number of carbonyl (C=O) groups is 1. The lowest BCUT2D eigenvalue weighted by Gasteiger charge is -2.19. The number of aromatic nitrogens is 3. The van der Waals surface area contributed by atoms with Crippen molar-refractivity contribution in [1.29, 1.82) is 0 Å². The average molecular weight is 274 g/mol. The molecule has 0 aliphatic heterocycles. The van der Waals surface area contributed by atoms with Gasteiger partial charge in [0.1, 0.15) is 11.9 Å². The summed E-state index contributed by atoms with van der Waals surface area (Å²) in [7, 11) is 1.88. The fraction of sp³-hybridized carbons (Fsp3) is 0.357. The predicted molar refractivity (Wildman–Crippen MR) is 76.3 cm³/mol. The van der Waals surface area contributed by atoms with Gasteiger partial charge >= 0.3 is 6.09 Å². The zero-order valence-corrected chi connectivity index (χ0v) is 12.0. The molecular formula is C14H18N4O2. The molecule has 0 bridgehead atoms. The average Bonchev–Trinajstić information content (AvgIpc) is 2.74. The lowest BCUT2D eigenvalue weighted by Crippen LogP contribution is -2.27. The van der Waals surface area contributed by atoms with Crippen molar-refractivity contribution < 1.29 is 9.53 Å². The first kappa shape index (κ1) is 14.0. The normalized spacial score (nSPS) is 11.2. The molecule has 1 aromatic carbocycles. The molecule has 1 N–H and O–H groups in total. The van der Waals surface area contributed by atoms with E-state index in [1.807, 2.05) is 44.5 Å². The van der Waals surface area contributed by atoms with Crippen molar-refractivity contribution in [2.45, 2.75) is 26.4 Å². The summed E-state index contributed by atoms with van der Waals surface area (Å²) < 4.78 is 7.02. The minimum Gasteiger partial charge on any atom is -0.444 e. The van der Waals surface area contributed by atoms with E-state index in [9.17, 15) is 4.79 Å². The molecule has 1 heterocycles. The monoisotopic (exact) mass is 274 g/mol. The summed E-state index contributed by atoms with van der Waals surface area (Å²) in [6.07, 6.45) is 1.17. The van der Waals surface area contributed by atoms with Gasteiger partial charge in [0.15, 0.2) is 5.82 Å². The van der Waals surface area contributed by atoms with E-state index >= 15 is 0 Å². The maximum absolute atomic E-state index is 11.6. The number of amides is 1. The molecule has 0 unspecified atom stereocenters. The fourth-order valence-electron chi connectivity index (χ4n) is 1.67. The molecule has 0 saturated heterocycles. The smallest absolute Gasteiger partial charge is 0.412 e. The van der Waals surface area contributed by atoms with Crippen LogP contribution >= 0.6 is 0 Å². The molecule has 1 amide bonds. The number of nitrogens with zero attached hydrogens (tertiary/aromatic N) is 3. The second-order valence-corrected chi connectivity index (χ2v) is 5.47. The molecule has 2 rings (SSSR count). The molecular weight excluding hydrogens is 256 g/mol. The van der Waals surface area contributed by atoms with E-state index in [1.165, 1.54) is 0 Å². The van der Waals surface area contributed by atoms with E-state index in [-0.39, 0.29) is 0 Å². The number of anilines is 1. The van der Waals surface area contributed by atoms with Crippen LogP contribution in [0.15, 0.2) is 30.6 Å². The number of benzene rings is 1. The van der Waals surface area contributed by atoms with Crippen molar-refractivity contribution in [3.63, 3.8) is 0 Å². The molecule has 2 aromatic rings. The first-order valence-corrected chi connectivity index (χ1v) is 6.29. The fourth-order valence-corrected chi connectivity index (χ4v) is 1.67. The molecule has 1 aromatic heterocycles. The Kier molecular flexibility index (Phi) is 3.74.